The summed E-state index contributed by atoms with van der Waals surface area (Å²) in [5.74, 6) is 1.53. The number of para-hydroxylation sites is 1. The van der Waals surface area contributed by atoms with Crippen molar-refractivity contribution in [2.24, 2.45) is 0 Å². The molecule has 0 radical (unpaired) electrons. The van der Waals surface area contributed by atoms with Gasteiger partial charge in [0.2, 0.25) is 5.91 Å². The van der Waals surface area contributed by atoms with Crippen LogP contribution in [-0.2, 0) is 24.2 Å². The smallest absolute Gasteiger partial charge is 0.235 e. The number of nitrogens with one attached hydrogen (secondary N) is 1. The van der Waals surface area contributed by atoms with E-state index < -0.39 is 0 Å². The molecular formula is C24H27N5O2S2. The van der Waals surface area contributed by atoms with Crippen LogP contribution in [0.2, 0.25) is 0 Å². The number of hydrogen-bond donors (Lipinski definition) is 1. The summed E-state index contributed by atoms with van der Waals surface area (Å²) in [5.41, 5.74) is 2.65. The Bertz CT molecular complexity index is 1180. The van der Waals surface area contributed by atoms with E-state index in [2.05, 4.69) is 21.6 Å². The van der Waals surface area contributed by atoms with E-state index in [1.807, 2.05) is 42.7 Å². The van der Waals surface area contributed by atoms with Crippen LogP contribution in [0.5, 0.6) is 5.75 Å². The Labute approximate surface area is 202 Å². The summed E-state index contributed by atoms with van der Waals surface area (Å²) in [4.78, 5) is 14.0. The number of fused-ring (bicyclic) bond motifs is 1. The van der Waals surface area contributed by atoms with Crippen LogP contribution in [0, 0.1) is 11.3 Å². The van der Waals surface area contributed by atoms with Crippen molar-refractivity contribution in [1.29, 1.82) is 5.26 Å². The minimum Gasteiger partial charge on any atom is -0.493 e. The van der Waals surface area contributed by atoms with Crippen molar-refractivity contribution >= 4 is 34.0 Å². The molecule has 0 spiro atoms. The van der Waals surface area contributed by atoms with Gasteiger partial charge in [-0.25, -0.2) is 0 Å². The summed E-state index contributed by atoms with van der Waals surface area (Å²) >= 11 is 2.90. The number of carbonyl (C=O) groups excluding carboxylic acids is 1. The Morgan fingerprint density at radius 1 is 1.24 bits per heavy atom. The highest BCUT2D eigenvalue weighted by atomic mass is 32.2. The number of ether oxygens (including phenoxy) is 1. The summed E-state index contributed by atoms with van der Waals surface area (Å²) in [6.07, 6.45) is 5.35. The molecule has 0 aliphatic heterocycles. The van der Waals surface area contributed by atoms with Crippen molar-refractivity contribution in [2.75, 3.05) is 17.7 Å². The van der Waals surface area contributed by atoms with Gasteiger partial charge in [0.15, 0.2) is 11.0 Å². The van der Waals surface area contributed by atoms with E-state index in [-0.39, 0.29) is 11.7 Å². The molecule has 1 N–H and O–H groups in total. The maximum Gasteiger partial charge on any atom is 0.235 e. The Morgan fingerprint density at radius 2 is 2.06 bits per heavy atom. The number of amides is 1. The van der Waals surface area contributed by atoms with E-state index in [9.17, 15) is 10.1 Å². The zero-order valence-corrected chi connectivity index (χ0v) is 20.5. The molecule has 1 amide bonds. The molecule has 9 heteroatoms. The first-order chi connectivity index (χ1) is 16.2. The molecule has 0 bridgehead atoms. The van der Waals surface area contributed by atoms with Gasteiger partial charge in [-0.2, -0.15) is 5.26 Å². The third-order valence-electron chi connectivity index (χ3n) is 5.58. The van der Waals surface area contributed by atoms with Gasteiger partial charge in [0.1, 0.15) is 16.8 Å². The Morgan fingerprint density at radius 3 is 2.85 bits per heavy atom. The summed E-state index contributed by atoms with van der Waals surface area (Å²) in [5, 5.41) is 22.7. The van der Waals surface area contributed by atoms with Gasteiger partial charge in [0.05, 0.1) is 23.5 Å². The summed E-state index contributed by atoms with van der Waals surface area (Å²) < 4.78 is 7.74. The van der Waals surface area contributed by atoms with Crippen molar-refractivity contribution in [3.8, 4) is 23.2 Å². The van der Waals surface area contributed by atoms with Crippen LogP contribution in [0.25, 0.3) is 11.4 Å². The average molecular weight is 482 g/mol. The lowest BCUT2D eigenvalue weighted by atomic mass is 10.1. The molecule has 0 saturated carbocycles. The van der Waals surface area contributed by atoms with E-state index in [0.29, 0.717) is 28.9 Å². The molecule has 0 unspecified atom stereocenters. The maximum atomic E-state index is 12.7. The number of nitriles is 1. The molecule has 33 heavy (non-hydrogen) atoms. The first kappa shape index (κ1) is 23.3. The molecule has 1 aliphatic carbocycles. The predicted octanol–water partition coefficient (Wildman–Crippen LogP) is 5.30. The van der Waals surface area contributed by atoms with Crippen molar-refractivity contribution in [1.82, 2.24) is 14.8 Å². The minimum atomic E-state index is -0.144. The van der Waals surface area contributed by atoms with Crippen LogP contribution in [0.4, 0.5) is 5.00 Å². The molecule has 0 atom stereocenters. The van der Waals surface area contributed by atoms with Crippen molar-refractivity contribution in [2.45, 2.75) is 57.7 Å². The fraction of sp³-hybridized carbons (Fsp3) is 0.417. The Balaban J connectivity index is 1.47. The van der Waals surface area contributed by atoms with Crippen LogP contribution < -0.4 is 10.1 Å². The highest BCUT2D eigenvalue weighted by molar-refractivity contribution is 7.99. The SMILES string of the molecule is CCOc1ccccc1-c1nnc(SCC(=O)Nc2sc3c(c2C#N)CCCCC3)n1CC. The second kappa shape index (κ2) is 10.9. The minimum absolute atomic E-state index is 0.144. The first-order valence-corrected chi connectivity index (χ1v) is 13.1. The number of aryl methyl sites for hydroxylation is 1. The molecule has 2 aromatic heterocycles. The van der Waals surface area contributed by atoms with Crippen LogP contribution in [0.15, 0.2) is 29.4 Å². The summed E-state index contributed by atoms with van der Waals surface area (Å²) in [7, 11) is 0. The van der Waals surface area contributed by atoms with Gasteiger partial charge in [-0.05, 0) is 57.2 Å². The van der Waals surface area contributed by atoms with Crippen LogP contribution in [-0.4, -0.2) is 33.0 Å². The van der Waals surface area contributed by atoms with Gasteiger partial charge in [-0.15, -0.1) is 21.5 Å². The van der Waals surface area contributed by atoms with Gasteiger partial charge in [0.25, 0.3) is 0 Å². The molecule has 0 saturated heterocycles. The van der Waals surface area contributed by atoms with E-state index >= 15 is 0 Å². The van der Waals surface area contributed by atoms with Gasteiger partial charge in [0, 0.05) is 11.4 Å². The first-order valence-electron chi connectivity index (χ1n) is 11.3. The number of thiophene rings is 1. The maximum absolute atomic E-state index is 12.7. The van der Waals surface area contributed by atoms with Crippen LogP contribution in [0.1, 0.15) is 49.1 Å². The molecule has 172 valence electrons. The number of aromatic nitrogens is 3. The largest absolute Gasteiger partial charge is 0.493 e. The highest BCUT2D eigenvalue weighted by Gasteiger charge is 2.22. The van der Waals surface area contributed by atoms with E-state index in [1.165, 1.54) is 23.1 Å². The number of hydrogen-bond acceptors (Lipinski definition) is 7. The number of benzene rings is 1. The Hall–Kier alpha value is -2.83. The van der Waals surface area contributed by atoms with Gasteiger partial charge >= 0.3 is 0 Å². The number of carbonyl (C=O) groups is 1. The van der Waals surface area contributed by atoms with Gasteiger partial charge < -0.3 is 14.6 Å². The molecule has 3 aromatic rings. The molecule has 1 aromatic carbocycles. The predicted molar refractivity (Wildman–Crippen MR) is 132 cm³/mol. The molecule has 4 rings (SSSR count). The second-order valence-corrected chi connectivity index (χ2v) is 9.74. The zero-order chi connectivity index (χ0) is 23.2. The topological polar surface area (TPSA) is 92.8 Å². The van der Waals surface area contributed by atoms with Crippen LogP contribution in [0.3, 0.4) is 0 Å². The molecule has 2 heterocycles. The average Bonchev–Trinajstić information content (AvgIpc) is 3.30. The summed E-state index contributed by atoms with van der Waals surface area (Å²) in [6.45, 7) is 5.21. The standard InChI is InChI=1S/C24H27N5O2S2/c1-3-29-22(17-11-8-9-12-19(17)31-4-2)27-28-24(29)32-15-21(30)26-23-18(14-25)16-10-6-5-7-13-20(16)33-23/h8-9,11-12H,3-7,10,13,15H2,1-2H3,(H,26,30). The van der Waals surface area contributed by atoms with Crippen molar-refractivity contribution in [3.05, 3.63) is 40.3 Å². The van der Waals surface area contributed by atoms with Crippen molar-refractivity contribution < 1.29 is 9.53 Å². The fourth-order valence-corrected chi connectivity index (χ4v) is 6.11. The van der Waals surface area contributed by atoms with Crippen molar-refractivity contribution in [3.63, 3.8) is 0 Å². The van der Waals surface area contributed by atoms with Gasteiger partial charge in [-0.1, -0.05) is 30.3 Å². The Kier molecular flexibility index (Phi) is 7.68. The quantitative estimate of drug-likeness (QED) is 0.347. The highest BCUT2D eigenvalue weighted by Crippen LogP contribution is 2.37. The molecule has 0 fully saturated rings. The van der Waals surface area contributed by atoms with Gasteiger partial charge in [-0.3, -0.25) is 4.79 Å². The number of nitrogens with zero attached hydrogens (tertiary/aromatic N) is 4. The lowest BCUT2D eigenvalue weighted by molar-refractivity contribution is -0.113. The molecular weight excluding hydrogens is 454 g/mol. The van der Waals surface area contributed by atoms with E-state index in [0.717, 1.165) is 48.4 Å². The zero-order valence-electron chi connectivity index (χ0n) is 18.9. The third-order valence-corrected chi connectivity index (χ3v) is 7.75. The number of thioether (sulfide) groups is 1. The summed E-state index contributed by atoms with van der Waals surface area (Å²) in [6, 6.07) is 10.1. The van der Waals surface area contributed by atoms with E-state index in [4.69, 9.17) is 4.74 Å². The number of rotatable bonds is 8. The van der Waals surface area contributed by atoms with E-state index in [1.54, 1.807) is 11.3 Å². The monoisotopic (exact) mass is 481 g/mol. The lowest BCUT2D eigenvalue weighted by Gasteiger charge is -2.11. The fourth-order valence-electron chi connectivity index (χ4n) is 4.05. The normalized spacial score (nSPS) is 13.1. The second-order valence-electron chi connectivity index (χ2n) is 7.70. The molecule has 7 nitrogen and oxygen atoms in total. The van der Waals surface area contributed by atoms with Crippen LogP contribution >= 0.6 is 23.1 Å². The number of anilines is 1. The third kappa shape index (κ3) is 5.07. The molecule has 1 aliphatic rings. The lowest BCUT2D eigenvalue weighted by Crippen LogP contribution is -2.14.